The van der Waals surface area contributed by atoms with Crippen LogP contribution in [0.4, 0.5) is 0 Å². The first-order valence-corrected chi connectivity index (χ1v) is 7.80. The van der Waals surface area contributed by atoms with E-state index < -0.39 is 0 Å². The summed E-state index contributed by atoms with van der Waals surface area (Å²) in [6.07, 6.45) is 6.63. The van der Waals surface area contributed by atoms with E-state index in [1.807, 2.05) is 11.8 Å². The summed E-state index contributed by atoms with van der Waals surface area (Å²) in [6.45, 7) is 0. The normalized spacial score (nSPS) is 32.4. The summed E-state index contributed by atoms with van der Waals surface area (Å²) in [4.78, 5) is 1.50. The van der Waals surface area contributed by atoms with Crippen LogP contribution < -0.4 is 5.73 Å². The van der Waals surface area contributed by atoms with Gasteiger partial charge in [-0.2, -0.15) is 0 Å². The lowest BCUT2D eigenvalue weighted by Crippen LogP contribution is -2.34. The first-order valence-electron chi connectivity index (χ1n) is 6.82. The van der Waals surface area contributed by atoms with Crippen molar-refractivity contribution in [3.63, 3.8) is 0 Å². The lowest BCUT2D eigenvalue weighted by molar-refractivity contribution is 0.280. The van der Waals surface area contributed by atoms with Crippen LogP contribution in [0.2, 0.25) is 0 Å². The van der Waals surface area contributed by atoms with E-state index in [4.69, 9.17) is 5.73 Å². The van der Waals surface area contributed by atoms with Gasteiger partial charge in [0.05, 0.1) is 0 Å². The number of thioether (sulfide) groups is 1. The molecular weight excluding hydrogens is 226 g/mol. The number of rotatable bonds is 2. The summed E-state index contributed by atoms with van der Waals surface area (Å²) in [5.41, 5.74) is 7.85. The Bertz CT molecular complexity index is 390. The molecule has 0 amide bonds. The molecule has 1 nitrogen and oxygen atoms in total. The summed E-state index contributed by atoms with van der Waals surface area (Å²) >= 11 is 2.02. The maximum Gasteiger partial charge on any atom is 0.0107 e. The van der Waals surface area contributed by atoms with Crippen molar-refractivity contribution >= 4 is 11.8 Å². The van der Waals surface area contributed by atoms with Crippen LogP contribution in [0.15, 0.2) is 29.2 Å². The van der Waals surface area contributed by atoms with Gasteiger partial charge in [-0.1, -0.05) is 31.0 Å². The smallest absolute Gasteiger partial charge is 0.0107 e. The average molecular weight is 247 g/mol. The van der Waals surface area contributed by atoms with E-state index in [9.17, 15) is 0 Å². The Kier molecular flexibility index (Phi) is 3.44. The highest BCUT2D eigenvalue weighted by Crippen LogP contribution is 2.44. The summed E-state index contributed by atoms with van der Waals surface area (Å²) in [7, 11) is 0. The maximum atomic E-state index is 6.27. The molecule has 1 heterocycles. The molecule has 1 saturated carbocycles. The van der Waals surface area contributed by atoms with Gasteiger partial charge in [-0.15, -0.1) is 11.8 Å². The van der Waals surface area contributed by atoms with E-state index in [1.165, 1.54) is 42.8 Å². The molecular formula is C15H21NS. The van der Waals surface area contributed by atoms with E-state index in [0.717, 1.165) is 11.8 Å². The minimum absolute atomic E-state index is 0.460. The highest BCUT2D eigenvalue weighted by Gasteiger charge is 2.29. The van der Waals surface area contributed by atoms with Crippen LogP contribution in [0.5, 0.6) is 0 Å². The molecule has 2 heteroatoms. The molecule has 2 N–H and O–H groups in total. The molecule has 0 spiro atoms. The predicted octanol–water partition coefficient (Wildman–Crippen LogP) is 3.78. The van der Waals surface area contributed by atoms with Crippen LogP contribution in [0.25, 0.3) is 0 Å². The molecule has 0 radical (unpaired) electrons. The second-order valence-electron chi connectivity index (χ2n) is 5.49. The van der Waals surface area contributed by atoms with Crippen molar-refractivity contribution in [1.29, 1.82) is 0 Å². The van der Waals surface area contributed by atoms with Gasteiger partial charge < -0.3 is 5.73 Å². The van der Waals surface area contributed by atoms with Gasteiger partial charge in [-0.25, -0.2) is 0 Å². The van der Waals surface area contributed by atoms with E-state index in [2.05, 4.69) is 24.3 Å². The van der Waals surface area contributed by atoms with Crippen molar-refractivity contribution < 1.29 is 0 Å². The minimum Gasteiger partial charge on any atom is -0.327 e. The molecule has 1 aliphatic heterocycles. The summed E-state index contributed by atoms with van der Waals surface area (Å²) < 4.78 is 0. The third-order valence-corrected chi connectivity index (χ3v) is 5.61. The SMILES string of the molecule is NC1CCCCC1CC1CSc2ccccc21. The second kappa shape index (κ2) is 5.03. The van der Waals surface area contributed by atoms with Crippen molar-refractivity contribution in [3.05, 3.63) is 29.8 Å². The molecule has 2 aliphatic rings. The van der Waals surface area contributed by atoms with Gasteiger partial charge >= 0.3 is 0 Å². The largest absolute Gasteiger partial charge is 0.327 e. The molecule has 0 aromatic heterocycles. The Morgan fingerprint density at radius 3 is 2.88 bits per heavy atom. The predicted molar refractivity (Wildman–Crippen MR) is 74.5 cm³/mol. The van der Waals surface area contributed by atoms with Crippen molar-refractivity contribution in [3.8, 4) is 0 Å². The van der Waals surface area contributed by atoms with Gasteiger partial charge in [-0.3, -0.25) is 0 Å². The van der Waals surface area contributed by atoms with Gasteiger partial charge in [0, 0.05) is 16.7 Å². The summed E-state index contributed by atoms with van der Waals surface area (Å²) in [5, 5.41) is 0. The third kappa shape index (κ3) is 2.38. The number of hydrogen-bond acceptors (Lipinski definition) is 2. The quantitative estimate of drug-likeness (QED) is 0.860. The molecule has 1 fully saturated rings. The topological polar surface area (TPSA) is 26.0 Å². The number of benzene rings is 1. The maximum absolute atomic E-state index is 6.27. The third-order valence-electron chi connectivity index (χ3n) is 4.35. The van der Waals surface area contributed by atoms with Crippen LogP contribution in [0.1, 0.15) is 43.6 Å². The van der Waals surface area contributed by atoms with Crippen LogP contribution in [-0.4, -0.2) is 11.8 Å². The van der Waals surface area contributed by atoms with Crippen LogP contribution >= 0.6 is 11.8 Å². The molecule has 3 unspecified atom stereocenters. The zero-order valence-electron chi connectivity index (χ0n) is 10.3. The van der Waals surface area contributed by atoms with Gasteiger partial charge in [-0.05, 0) is 42.7 Å². The Morgan fingerprint density at radius 2 is 2.00 bits per heavy atom. The fourth-order valence-electron chi connectivity index (χ4n) is 3.32. The minimum atomic E-state index is 0.460. The Balaban J connectivity index is 1.70. The molecule has 1 aromatic carbocycles. The van der Waals surface area contributed by atoms with Crippen LogP contribution in [0, 0.1) is 5.92 Å². The number of fused-ring (bicyclic) bond motifs is 1. The standard InChI is InChI=1S/C15H21NS/c16-14-7-3-1-5-11(14)9-12-10-17-15-8-4-2-6-13(12)15/h2,4,6,8,11-12,14H,1,3,5,7,9-10,16H2. The molecule has 0 saturated heterocycles. The fraction of sp³-hybridized carbons (Fsp3) is 0.600. The molecule has 1 aliphatic carbocycles. The molecule has 92 valence electrons. The second-order valence-corrected chi connectivity index (χ2v) is 6.55. The zero-order valence-corrected chi connectivity index (χ0v) is 11.1. The molecule has 1 aromatic rings. The van der Waals surface area contributed by atoms with E-state index in [0.29, 0.717) is 6.04 Å². The van der Waals surface area contributed by atoms with Crippen LogP contribution in [-0.2, 0) is 0 Å². The first kappa shape index (κ1) is 11.6. The van der Waals surface area contributed by atoms with Crippen molar-refractivity contribution in [2.24, 2.45) is 11.7 Å². The highest BCUT2D eigenvalue weighted by molar-refractivity contribution is 7.99. The lowest BCUT2D eigenvalue weighted by Gasteiger charge is -2.30. The average Bonchev–Trinajstić information content (AvgIpc) is 2.76. The highest BCUT2D eigenvalue weighted by atomic mass is 32.2. The molecule has 3 atom stereocenters. The Morgan fingerprint density at radius 1 is 1.18 bits per heavy atom. The number of hydrogen-bond donors (Lipinski definition) is 1. The zero-order chi connectivity index (χ0) is 11.7. The molecule has 17 heavy (non-hydrogen) atoms. The van der Waals surface area contributed by atoms with Crippen LogP contribution in [0.3, 0.4) is 0 Å². The number of nitrogens with two attached hydrogens (primary N) is 1. The van der Waals surface area contributed by atoms with Gasteiger partial charge in [0.25, 0.3) is 0 Å². The fourth-order valence-corrected chi connectivity index (χ4v) is 4.59. The summed E-state index contributed by atoms with van der Waals surface area (Å²) in [6, 6.07) is 9.37. The van der Waals surface area contributed by atoms with Crippen molar-refractivity contribution in [1.82, 2.24) is 0 Å². The van der Waals surface area contributed by atoms with E-state index in [-0.39, 0.29) is 0 Å². The molecule has 0 bridgehead atoms. The first-order chi connectivity index (χ1) is 8.34. The lowest BCUT2D eigenvalue weighted by atomic mass is 9.78. The van der Waals surface area contributed by atoms with Crippen molar-refractivity contribution in [2.75, 3.05) is 5.75 Å². The monoisotopic (exact) mass is 247 g/mol. The Labute approximate surface area is 108 Å². The van der Waals surface area contributed by atoms with Crippen molar-refractivity contribution in [2.45, 2.75) is 49.0 Å². The van der Waals surface area contributed by atoms with Gasteiger partial charge in [0.2, 0.25) is 0 Å². The Hall–Kier alpha value is -0.470. The summed E-state index contributed by atoms with van der Waals surface area (Å²) in [5.74, 6) is 2.79. The van der Waals surface area contributed by atoms with Gasteiger partial charge in [0.1, 0.15) is 0 Å². The van der Waals surface area contributed by atoms with Gasteiger partial charge in [0.15, 0.2) is 0 Å². The van der Waals surface area contributed by atoms with E-state index in [1.54, 1.807) is 5.56 Å². The van der Waals surface area contributed by atoms with E-state index >= 15 is 0 Å². The molecule has 3 rings (SSSR count).